The molecule has 7 heteroatoms. The fourth-order valence-electron chi connectivity index (χ4n) is 3.90. The highest BCUT2D eigenvalue weighted by atomic mass is 32.2. The number of aryl methyl sites for hydroxylation is 2. The van der Waals surface area contributed by atoms with Crippen molar-refractivity contribution in [2.75, 3.05) is 10.7 Å². The molecule has 2 N–H and O–H groups in total. The van der Waals surface area contributed by atoms with E-state index in [1.165, 1.54) is 11.8 Å². The molecule has 2 atom stereocenters. The molecule has 0 radical (unpaired) electrons. The number of nitrogens with zero attached hydrogens (tertiary/aromatic N) is 3. The van der Waals surface area contributed by atoms with E-state index in [-0.39, 0.29) is 11.9 Å². The third kappa shape index (κ3) is 3.87. The lowest BCUT2D eigenvalue weighted by atomic mass is 10.0. The quantitative estimate of drug-likeness (QED) is 0.468. The summed E-state index contributed by atoms with van der Waals surface area (Å²) in [6, 6.07) is 25.7. The van der Waals surface area contributed by atoms with Crippen LogP contribution in [-0.4, -0.2) is 26.0 Å². The van der Waals surface area contributed by atoms with Crippen LogP contribution in [0.2, 0.25) is 0 Å². The van der Waals surface area contributed by atoms with E-state index in [1.54, 1.807) is 0 Å². The summed E-state index contributed by atoms with van der Waals surface area (Å²) in [5, 5.41) is 12.1. The first-order chi connectivity index (χ1) is 15.6. The Labute approximate surface area is 191 Å². The van der Waals surface area contributed by atoms with Gasteiger partial charge in [0, 0.05) is 11.3 Å². The van der Waals surface area contributed by atoms with Crippen LogP contribution in [-0.2, 0) is 4.79 Å². The van der Waals surface area contributed by atoms with Gasteiger partial charge < -0.3 is 10.7 Å². The van der Waals surface area contributed by atoms with E-state index < -0.39 is 5.25 Å². The second-order valence-corrected chi connectivity index (χ2v) is 8.98. The van der Waals surface area contributed by atoms with E-state index >= 15 is 0 Å². The predicted molar refractivity (Wildman–Crippen MR) is 128 cm³/mol. The van der Waals surface area contributed by atoms with E-state index in [9.17, 15) is 4.79 Å². The Balaban J connectivity index is 1.50. The number of nitrogens with one attached hydrogen (secondary N) is 2. The van der Waals surface area contributed by atoms with E-state index in [2.05, 4.69) is 27.0 Å². The van der Waals surface area contributed by atoms with E-state index in [1.807, 2.05) is 91.3 Å². The van der Waals surface area contributed by atoms with Crippen LogP contribution in [0.3, 0.4) is 0 Å². The molecule has 5 rings (SSSR count). The number of hydrogen-bond donors (Lipinski definition) is 2. The summed E-state index contributed by atoms with van der Waals surface area (Å²) in [7, 11) is 0. The van der Waals surface area contributed by atoms with Gasteiger partial charge in [0.1, 0.15) is 5.25 Å². The number of amides is 1. The normalized spacial score (nSPS) is 17.3. The van der Waals surface area contributed by atoms with Crippen molar-refractivity contribution in [2.45, 2.75) is 30.3 Å². The number of benzene rings is 3. The van der Waals surface area contributed by atoms with Gasteiger partial charge in [0.05, 0.1) is 6.04 Å². The summed E-state index contributed by atoms with van der Waals surface area (Å²) >= 11 is 1.43. The molecule has 2 heterocycles. The molecule has 1 amide bonds. The van der Waals surface area contributed by atoms with Crippen molar-refractivity contribution in [1.29, 1.82) is 0 Å². The van der Waals surface area contributed by atoms with E-state index in [0.717, 1.165) is 33.8 Å². The van der Waals surface area contributed by atoms with Gasteiger partial charge >= 0.3 is 0 Å². The van der Waals surface area contributed by atoms with Crippen molar-refractivity contribution in [3.63, 3.8) is 0 Å². The SMILES string of the molecule is Cc1ccc(NC(=O)[C@H]2Sc3nnc(-c4ccccc4)n3N[C@@H]2c2ccccc2)c(C)c1. The Morgan fingerprint density at radius 3 is 2.41 bits per heavy atom. The standard InChI is InChI=1S/C25H23N5OS/c1-16-13-14-20(17(2)15-16)26-24(31)22-21(18-9-5-3-6-10-18)29-30-23(27-28-25(30)32-22)19-11-7-4-8-12-19/h3-15,21-22,29H,1-2H3,(H,26,31)/t21-,22+/m1/s1. The van der Waals surface area contributed by atoms with Gasteiger partial charge in [-0.1, -0.05) is 90.1 Å². The Morgan fingerprint density at radius 1 is 0.969 bits per heavy atom. The molecule has 1 aromatic heterocycles. The van der Waals surface area contributed by atoms with Gasteiger partial charge in [0.25, 0.3) is 0 Å². The maximum Gasteiger partial charge on any atom is 0.240 e. The second kappa shape index (κ2) is 8.51. The maximum atomic E-state index is 13.4. The molecule has 1 aliphatic heterocycles. The smallest absolute Gasteiger partial charge is 0.240 e. The largest absolute Gasteiger partial charge is 0.325 e. The zero-order valence-corrected chi connectivity index (χ0v) is 18.6. The molecule has 160 valence electrons. The zero-order chi connectivity index (χ0) is 22.1. The maximum absolute atomic E-state index is 13.4. The van der Waals surface area contributed by atoms with Crippen molar-refractivity contribution >= 4 is 23.4 Å². The predicted octanol–water partition coefficient (Wildman–Crippen LogP) is 4.96. The summed E-state index contributed by atoms with van der Waals surface area (Å²) < 4.78 is 1.89. The fourth-order valence-corrected chi connectivity index (χ4v) is 4.98. The number of carbonyl (C=O) groups excluding carboxylic acids is 1. The number of aromatic nitrogens is 3. The molecule has 0 saturated heterocycles. The van der Waals surface area contributed by atoms with Gasteiger partial charge in [-0.05, 0) is 31.0 Å². The molecule has 0 saturated carbocycles. The van der Waals surface area contributed by atoms with Crippen LogP contribution in [0, 0.1) is 13.8 Å². The lowest BCUT2D eigenvalue weighted by Crippen LogP contribution is -2.41. The summed E-state index contributed by atoms with van der Waals surface area (Å²) in [4.78, 5) is 13.4. The fraction of sp³-hybridized carbons (Fsp3) is 0.160. The van der Waals surface area contributed by atoms with Crippen molar-refractivity contribution in [2.24, 2.45) is 0 Å². The Bertz CT molecular complexity index is 1260. The number of hydrogen-bond acceptors (Lipinski definition) is 5. The molecule has 6 nitrogen and oxygen atoms in total. The van der Waals surface area contributed by atoms with Crippen molar-refractivity contribution in [3.05, 3.63) is 95.6 Å². The Hall–Kier alpha value is -3.58. The van der Waals surface area contributed by atoms with Crippen LogP contribution >= 0.6 is 11.8 Å². The Morgan fingerprint density at radius 2 is 1.69 bits per heavy atom. The third-order valence-electron chi connectivity index (χ3n) is 5.53. The van der Waals surface area contributed by atoms with Crippen LogP contribution in [0.4, 0.5) is 5.69 Å². The molecule has 1 aliphatic rings. The monoisotopic (exact) mass is 441 g/mol. The zero-order valence-electron chi connectivity index (χ0n) is 17.8. The highest BCUT2D eigenvalue weighted by molar-refractivity contribution is 8.00. The average molecular weight is 442 g/mol. The van der Waals surface area contributed by atoms with Crippen molar-refractivity contribution in [3.8, 4) is 11.4 Å². The van der Waals surface area contributed by atoms with Gasteiger partial charge in [0.15, 0.2) is 5.82 Å². The van der Waals surface area contributed by atoms with Gasteiger partial charge in [-0.2, -0.15) is 0 Å². The first-order valence-corrected chi connectivity index (χ1v) is 11.4. The molecule has 3 aromatic carbocycles. The minimum absolute atomic E-state index is 0.0705. The van der Waals surface area contributed by atoms with Crippen LogP contribution in [0.5, 0.6) is 0 Å². The number of carbonyl (C=O) groups is 1. The molecule has 0 aliphatic carbocycles. The Kier molecular flexibility index (Phi) is 5.41. The summed E-state index contributed by atoms with van der Waals surface area (Å²) in [5.41, 5.74) is 8.53. The average Bonchev–Trinajstić information content (AvgIpc) is 3.24. The minimum Gasteiger partial charge on any atom is -0.325 e. The minimum atomic E-state index is -0.418. The first-order valence-electron chi connectivity index (χ1n) is 10.5. The number of thioether (sulfide) groups is 1. The van der Waals surface area contributed by atoms with Gasteiger partial charge in [-0.3, -0.25) is 4.79 Å². The van der Waals surface area contributed by atoms with Crippen LogP contribution < -0.4 is 10.7 Å². The molecule has 0 fully saturated rings. The molecule has 0 spiro atoms. The molecular weight excluding hydrogens is 418 g/mol. The van der Waals surface area contributed by atoms with Crippen LogP contribution in [0.25, 0.3) is 11.4 Å². The lowest BCUT2D eigenvalue weighted by Gasteiger charge is -2.33. The van der Waals surface area contributed by atoms with Gasteiger partial charge in [-0.15, -0.1) is 10.2 Å². The van der Waals surface area contributed by atoms with Crippen LogP contribution in [0.15, 0.2) is 84.0 Å². The third-order valence-corrected chi connectivity index (χ3v) is 6.74. The van der Waals surface area contributed by atoms with Crippen molar-refractivity contribution in [1.82, 2.24) is 14.9 Å². The number of fused-ring (bicyclic) bond motifs is 1. The highest BCUT2D eigenvalue weighted by Crippen LogP contribution is 2.39. The molecule has 0 unspecified atom stereocenters. The molecular formula is C25H23N5OS. The molecule has 4 aromatic rings. The topological polar surface area (TPSA) is 71.8 Å². The van der Waals surface area contributed by atoms with Crippen LogP contribution in [0.1, 0.15) is 22.7 Å². The summed E-state index contributed by atoms with van der Waals surface area (Å²) in [6.45, 7) is 4.05. The summed E-state index contributed by atoms with van der Waals surface area (Å²) in [6.07, 6.45) is 0. The highest BCUT2D eigenvalue weighted by Gasteiger charge is 2.38. The van der Waals surface area contributed by atoms with Crippen molar-refractivity contribution < 1.29 is 4.79 Å². The van der Waals surface area contributed by atoms with Gasteiger partial charge in [-0.25, -0.2) is 4.68 Å². The van der Waals surface area contributed by atoms with E-state index in [4.69, 9.17) is 0 Å². The molecule has 0 bridgehead atoms. The number of rotatable bonds is 4. The second-order valence-electron chi connectivity index (χ2n) is 7.87. The summed E-state index contributed by atoms with van der Waals surface area (Å²) in [5.74, 6) is 0.654. The van der Waals surface area contributed by atoms with E-state index in [0.29, 0.717) is 5.16 Å². The first kappa shape index (κ1) is 20.3. The lowest BCUT2D eigenvalue weighted by molar-refractivity contribution is -0.116. The van der Waals surface area contributed by atoms with Gasteiger partial charge in [0.2, 0.25) is 11.1 Å². The number of anilines is 1. The molecule has 32 heavy (non-hydrogen) atoms.